The van der Waals surface area contributed by atoms with E-state index in [1.165, 1.54) is 0 Å². The third kappa shape index (κ3) is 4.86. The van der Waals surface area contributed by atoms with Crippen molar-refractivity contribution in [3.8, 4) is 23.0 Å². The zero-order chi connectivity index (χ0) is 24.0. The van der Waals surface area contributed by atoms with Gasteiger partial charge in [0.1, 0.15) is 23.0 Å². The summed E-state index contributed by atoms with van der Waals surface area (Å²) in [6.45, 7) is 4.45. The molecule has 0 saturated heterocycles. The van der Waals surface area contributed by atoms with Crippen LogP contribution in [0, 0.1) is 0 Å². The molecule has 0 heterocycles. The second kappa shape index (κ2) is 10.3. The van der Waals surface area contributed by atoms with E-state index in [0.717, 1.165) is 53.4 Å². The third-order valence-electron chi connectivity index (χ3n) is 6.30. The van der Waals surface area contributed by atoms with E-state index >= 15 is 0 Å². The van der Waals surface area contributed by atoms with Crippen molar-refractivity contribution in [1.82, 2.24) is 0 Å². The number of rotatable bonds is 9. The second-order valence-corrected chi connectivity index (χ2v) is 8.52. The van der Waals surface area contributed by atoms with Gasteiger partial charge in [0.05, 0.1) is 0 Å². The fourth-order valence-electron chi connectivity index (χ4n) is 4.63. The molecular weight excluding hydrogens is 420 g/mol. The molecule has 4 nitrogen and oxygen atoms in total. The van der Waals surface area contributed by atoms with Gasteiger partial charge in [-0.25, -0.2) is 0 Å². The molecule has 0 fully saturated rings. The van der Waals surface area contributed by atoms with Crippen LogP contribution >= 0.6 is 0 Å². The van der Waals surface area contributed by atoms with Crippen molar-refractivity contribution in [3.05, 3.63) is 108 Å². The summed E-state index contributed by atoms with van der Waals surface area (Å²) in [7, 11) is 0. The standard InChI is InChI=1S/C30H32N2O2/c1-3-21-30(4-2,26-9-5-7-11-28(26)33-24-17-13-22(31)14-18-24)27-10-6-8-12-29(27)34-25-19-15-23(32)16-20-25/h5-20H,3-4,21,31-32H2,1-2H3. The summed E-state index contributed by atoms with van der Waals surface area (Å²) in [4.78, 5) is 0. The monoisotopic (exact) mass is 452 g/mol. The Hall–Kier alpha value is -3.92. The highest BCUT2D eigenvalue weighted by Gasteiger charge is 2.37. The highest BCUT2D eigenvalue weighted by Crippen LogP contribution is 2.48. The first-order chi connectivity index (χ1) is 16.6. The van der Waals surface area contributed by atoms with Crippen molar-refractivity contribution >= 4 is 11.4 Å². The Morgan fingerprint density at radius 2 is 1.00 bits per heavy atom. The number of hydrogen-bond acceptors (Lipinski definition) is 4. The molecule has 0 spiro atoms. The molecule has 0 amide bonds. The Balaban J connectivity index is 1.81. The quantitative estimate of drug-likeness (QED) is 0.253. The average molecular weight is 453 g/mol. The molecule has 0 aliphatic carbocycles. The minimum absolute atomic E-state index is 0.288. The van der Waals surface area contributed by atoms with Gasteiger partial charge in [-0.15, -0.1) is 0 Å². The Kier molecular flexibility index (Phi) is 7.07. The van der Waals surface area contributed by atoms with Crippen LogP contribution in [0.5, 0.6) is 23.0 Å². The van der Waals surface area contributed by atoms with Crippen molar-refractivity contribution in [2.75, 3.05) is 11.5 Å². The van der Waals surface area contributed by atoms with Gasteiger partial charge in [-0.2, -0.15) is 0 Å². The molecule has 34 heavy (non-hydrogen) atoms. The molecule has 4 aromatic rings. The van der Waals surface area contributed by atoms with Crippen molar-refractivity contribution in [2.45, 2.75) is 38.5 Å². The fraction of sp³-hybridized carbons (Fsp3) is 0.200. The Morgan fingerprint density at radius 3 is 1.38 bits per heavy atom. The van der Waals surface area contributed by atoms with Crippen molar-refractivity contribution in [3.63, 3.8) is 0 Å². The molecule has 4 heteroatoms. The molecule has 4 N–H and O–H groups in total. The van der Waals surface area contributed by atoms with E-state index in [4.69, 9.17) is 20.9 Å². The maximum absolute atomic E-state index is 6.40. The summed E-state index contributed by atoms with van der Waals surface area (Å²) >= 11 is 0. The fourth-order valence-corrected chi connectivity index (χ4v) is 4.63. The Morgan fingerprint density at radius 1 is 0.588 bits per heavy atom. The van der Waals surface area contributed by atoms with E-state index < -0.39 is 0 Å². The summed E-state index contributed by atoms with van der Waals surface area (Å²) < 4.78 is 12.8. The summed E-state index contributed by atoms with van der Waals surface area (Å²) in [5.41, 5.74) is 15.2. The number of hydrogen-bond donors (Lipinski definition) is 2. The Bertz CT molecular complexity index is 1130. The van der Waals surface area contributed by atoms with E-state index in [9.17, 15) is 0 Å². The molecular formula is C30H32N2O2. The van der Waals surface area contributed by atoms with Crippen LogP contribution < -0.4 is 20.9 Å². The minimum atomic E-state index is -0.288. The maximum atomic E-state index is 6.40. The topological polar surface area (TPSA) is 70.5 Å². The number of nitrogens with two attached hydrogens (primary N) is 2. The average Bonchev–Trinajstić information content (AvgIpc) is 2.86. The predicted octanol–water partition coefficient (Wildman–Crippen LogP) is 7.93. The molecule has 0 bridgehead atoms. The summed E-state index contributed by atoms with van der Waals surface area (Å²) in [6.07, 6.45) is 2.86. The normalized spacial score (nSPS) is 11.2. The summed E-state index contributed by atoms with van der Waals surface area (Å²) in [6, 6.07) is 31.6. The lowest BCUT2D eigenvalue weighted by molar-refractivity contribution is 0.393. The van der Waals surface area contributed by atoms with Crippen LogP contribution in [0.25, 0.3) is 0 Å². The molecule has 174 valence electrons. The summed E-state index contributed by atoms with van der Waals surface area (Å²) in [5, 5.41) is 0. The van der Waals surface area contributed by atoms with Crippen LogP contribution in [0.2, 0.25) is 0 Å². The van der Waals surface area contributed by atoms with Crippen LogP contribution in [0.3, 0.4) is 0 Å². The number of nitrogen functional groups attached to an aromatic ring is 2. The summed E-state index contributed by atoms with van der Waals surface area (Å²) in [5.74, 6) is 3.19. The Labute approximate surface area is 202 Å². The lowest BCUT2D eigenvalue weighted by Gasteiger charge is -2.36. The highest BCUT2D eigenvalue weighted by atomic mass is 16.5. The van der Waals surface area contributed by atoms with Crippen LogP contribution in [0.15, 0.2) is 97.1 Å². The van der Waals surface area contributed by atoms with E-state index in [1.54, 1.807) is 0 Å². The zero-order valence-corrected chi connectivity index (χ0v) is 19.8. The second-order valence-electron chi connectivity index (χ2n) is 8.52. The van der Waals surface area contributed by atoms with E-state index in [0.29, 0.717) is 11.4 Å². The predicted molar refractivity (Wildman–Crippen MR) is 141 cm³/mol. The van der Waals surface area contributed by atoms with Gasteiger partial charge in [0.15, 0.2) is 0 Å². The van der Waals surface area contributed by atoms with Gasteiger partial charge in [0.2, 0.25) is 0 Å². The zero-order valence-electron chi connectivity index (χ0n) is 19.8. The molecule has 0 saturated carbocycles. The van der Waals surface area contributed by atoms with Crippen molar-refractivity contribution < 1.29 is 9.47 Å². The van der Waals surface area contributed by atoms with Gasteiger partial charge in [-0.05, 0) is 73.5 Å². The van der Waals surface area contributed by atoms with E-state index in [-0.39, 0.29) is 5.41 Å². The maximum Gasteiger partial charge on any atom is 0.131 e. The van der Waals surface area contributed by atoms with Gasteiger partial charge in [0.25, 0.3) is 0 Å². The van der Waals surface area contributed by atoms with Gasteiger partial charge in [-0.1, -0.05) is 56.7 Å². The van der Waals surface area contributed by atoms with Gasteiger partial charge in [-0.3, -0.25) is 0 Å². The van der Waals surface area contributed by atoms with E-state index in [1.807, 2.05) is 72.8 Å². The third-order valence-corrected chi connectivity index (χ3v) is 6.30. The highest BCUT2D eigenvalue weighted by molar-refractivity contribution is 5.54. The number of ether oxygens (including phenoxy) is 2. The van der Waals surface area contributed by atoms with Crippen LogP contribution in [0.1, 0.15) is 44.2 Å². The van der Waals surface area contributed by atoms with Crippen LogP contribution in [-0.2, 0) is 5.41 Å². The first-order valence-corrected chi connectivity index (χ1v) is 11.8. The number of benzene rings is 4. The van der Waals surface area contributed by atoms with Gasteiger partial charge >= 0.3 is 0 Å². The first-order valence-electron chi connectivity index (χ1n) is 11.8. The molecule has 0 aliphatic heterocycles. The largest absolute Gasteiger partial charge is 0.457 e. The minimum Gasteiger partial charge on any atom is -0.457 e. The van der Waals surface area contributed by atoms with Crippen molar-refractivity contribution in [1.29, 1.82) is 0 Å². The lowest BCUT2D eigenvalue weighted by atomic mass is 9.69. The van der Waals surface area contributed by atoms with E-state index in [2.05, 4.69) is 38.1 Å². The smallest absolute Gasteiger partial charge is 0.131 e. The molecule has 4 aromatic carbocycles. The molecule has 4 rings (SSSR count). The van der Waals surface area contributed by atoms with Gasteiger partial charge in [0, 0.05) is 27.9 Å². The molecule has 0 aliphatic rings. The van der Waals surface area contributed by atoms with Crippen LogP contribution in [0.4, 0.5) is 11.4 Å². The molecule has 0 unspecified atom stereocenters. The SMILES string of the molecule is CCCC(CC)(c1ccccc1Oc1ccc(N)cc1)c1ccccc1Oc1ccc(N)cc1. The van der Waals surface area contributed by atoms with Crippen LogP contribution in [-0.4, -0.2) is 0 Å². The molecule has 0 aromatic heterocycles. The number of anilines is 2. The van der Waals surface area contributed by atoms with Gasteiger partial charge < -0.3 is 20.9 Å². The van der Waals surface area contributed by atoms with Crippen molar-refractivity contribution in [2.24, 2.45) is 0 Å². The molecule has 0 atom stereocenters. The first kappa shape index (κ1) is 23.2. The number of para-hydroxylation sites is 2. The lowest BCUT2D eigenvalue weighted by Crippen LogP contribution is -2.28. The molecule has 0 radical (unpaired) electrons.